The van der Waals surface area contributed by atoms with Gasteiger partial charge in [-0.15, -0.1) is 5.10 Å². The van der Waals surface area contributed by atoms with E-state index >= 15 is 0 Å². The molecule has 2 N–H and O–H groups in total. The van der Waals surface area contributed by atoms with Gasteiger partial charge < -0.3 is 24.8 Å². The summed E-state index contributed by atoms with van der Waals surface area (Å²) in [5.74, 6) is 0.780. The fraction of sp³-hybridized carbons (Fsp3) is 0.474. The largest absolute Gasteiger partial charge is 0.493 e. The SMILES string of the molecule is COc1ccc(/C=N/N=C2\NC(=O)C(CC(=O)NCC3CCCO3)S2)cc1OC. The van der Waals surface area contributed by atoms with E-state index in [0.717, 1.165) is 25.0 Å². The summed E-state index contributed by atoms with van der Waals surface area (Å²) in [4.78, 5) is 24.1. The van der Waals surface area contributed by atoms with Crippen LogP contribution in [0.25, 0.3) is 0 Å². The Bertz CT molecular complexity index is 808. The molecule has 0 bridgehead atoms. The summed E-state index contributed by atoms with van der Waals surface area (Å²) >= 11 is 1.19. The molecule has 0 aromatic heterocycles. The minimum absolute atomic E-state index is 0.0760. The van der Waals surface area contributed by atoms with Gasteiger partial charge in [0.05, 0.1) is 26.5 Å². The predicted octanol–water partition coefficient (Wildman–Crippen LogP) is 1.31. The molecule has 2 saturated heterocycles. The molecule has 1 aromatic rings. The summed E-state index contributed by atoms with van der Waals surface area (Å²) in [7, 11) is 3.12. The van der Waals surface area contributed by atoms with Gasteiger partial charge in [-0.05, 0) is 36.6 Å². The Morgan fingerprint density at radius 2 is 2.21 bits per heavy atom. The number of methoxy groups -OCH3 is 2. The first-order valence-corrected chi connectivity index (χ1v) is 10.2. The molecular formula is C19H24N4O5S. The summed E-state index contributed by atoms with van der Waals surface area (Å²) in [6.07, 6.45) is 3.68. The van der Waals surface area contributed by atoms with E-state index in [-0.39, 0.29) is 24.3 Å². The van der Waals surface area contributed by atoms with Crippen LogP contribution in [-0.4, -0.2) is 61.9 Å². The lowest BCUT2D eigenvalue weighted by molar-refractivity contribution is -0.125. The second-order valence-corrected chi connectivity index (χ2v) is 7.69. The number of rotatable bonds is 8. The van der Waals surface area contributed by atoms with E-state index in [9.17, 15) is 9.59 Å². The molecule has 0 saturated carbocycles. The summed E-state index contributed by atoms with van der Waals surface area (Å²) < 4.78 is 15.9. The van der Waals surface area contributed by atoms with Crippen molar-refractivity contribution in [3.8, 4) is 11.5 Å². The lowest BCUT2D eigenvalue weighted by Crippen LogP contribution is -2.35. The van der Waals surface area contributed by atoms with E-state index < -0.39 is 5.25 Å². The third-order valence-electron chi connectivity index (χ3n) is 4.46. The molecule has 2 unspecified atom stereocenters. The quantitative estimate of drug-likeness (QED) is 0.485. The lowest BCUT2D eigenvalue weighted by Gasteiger charge is -2.11. The number of nitrogens with one attached hydrogen (secondary N) is 2. The molecule has 0 radical (unpaired) electrons. The van der Waals surface area contributed by atoms with Gasteiger partial charge >= 0.3 is 0 Å². The van der Waals surface area contributed by atoms with Gasteiger partial charge in [-0.3, -0.25) is 9.59 Å². The topological polar surface area (TPSA) is 111 Å². The van der Waals surface area contributed by atoms with E-state index in [1.807, 2.05) is 6.07 Å². The summed E-state index contributed by atoms with van der Waals surface area (Å²) in [6, 6.07) is 5.35. The second-order valence-electron chi connectivity index (χ2n) is 6.50. The standard InChI is InChI=1S/C19H24N4O5S/c1-26-14-6-5-12(8-15(14)27-2)10-21-23-19-22-18(25)16(29-19)9-17(24)20-11-13-4-3-7-28-13/h5-6,8,10,13,16H,3-4,7,9,11H2,1-2H3,(H,20,24)(H,22,23,25)/b21-10+. The van der Waals surface area contributed by atoms with Crippen LogP contribution in [-0.2, 0) is 14.3 Å². The van der Waals surface area contributed by atoms with Crippen LogP contribution in [0.3, 0.4) is 0 Å². The van der Waals surface area contributed by atoms with Crippen LogP contribution < -0.4 is 20.1 Å². The molecule has 2 heterocycles. The first kappa shape index (κ1) is 21.1. The van der Waals surface area contributed by atoms with Crippen molar-refractivity contribution in [3.05, 3.63) is 23.8 Å². The number of benzene rings is 1. The van der Waals surface area contributed by atoms with Crippen LogP contribution >= 0.6 is 11.8 Å². The molecule has 0 aliphatic carbocycles. The molecule has 3 rings (SSSR count). The fourth-order valence-corrected chi connectivity index (χ4v) is 3.87. The minimum atomic E-state index is -0.519. The number of amides is 2. The highest BCUT2D eigenvalue weighted by Crippen LogP contribution is 2.27. The molecular weight excluding hydrogens is 396 g/mol. The fourth-order valence-electron chi connectivity index (χ4n) is 2.94. The maximum atomic E-state index is 12.1. The average Bonchev–Trinajstić information content (AvgIpc) is 3.36. The number of amidine groups is 1. The number of carbonyl (C=O) groups excluding carboxylic acids is 2. The van der Waals surface area contributed by atoms with Gasteiger partial charge in [0.2, 0.25) is 11.8 Å². The first-order valence-electron chi connectivity index (χ1n) is 9.28. The van der Waals surface area contributed by atoms with Gasteiger partial charge in [0.15, 0.2) is 16.7 Å². The van der Waals surface area contributed by atoms with Crippen LogP contribution in [0.4, 0.5) is 0 Å². The van der Waals surface area contributed by atoms with Crippen molar-refractivity contribution in [2.45, 2.75) is 30.6 Å². The Balaban J connectivity index is 1.50. The summed E-state index contributed by atoms with van der Waals surface area (Å²) in [6.45, 7) is 1.22. The molecule has 2 fully saturated rings. The smallest absolute Gasteiger partial charge is 0.240 e. The van der Waals surface area contributed by atoms with Crippen molar-refractivity contribution in [2.75, 3.05) is 27.4 Å². The van der Waals surface area contributed by atoms with Crippen molar-refractivity contribution in [2.24, 2.45) is 10.2 Å². The highest BCUT2D eigenvalue weighted by molar-refractivity contribution is 8.15. The first-order chi connectivity index (χ1) is 14.1. The monoisotopic (exact) mass is 420 g/mol. The Morgan fingerprint density at radius 1 is 1.38 bits per heavy atom. The normalized spacial score (nSPS) is 22.8. The third kappa shape index (κ3) is 5.94. The highest BCUT2D eigenvalue weighted by atomic mass is 32.2. The molecule has 29 heavy (non-hydrogen) atoms. The lowest BCUT2D eigenvalue weighted by atomic mass is 10.2. The number of ether oxygens (including phenoxy) is 3. The second kappa shape index (κ2) is 10.3. The molecule has 2 amide bonds. The van der Waals surface area contributed by atoms with E-state index in [2.05, 4.69) is 20.8 Å². The Morgan fingerprint density at radius 3 is 2.93 bits per heavy atom. The molecule has 1 aromatic carbocycles. The Kier molecular flexibility index (Phi) is 7.48. The Hall–Kier alpha value is -2.59. The van der Waals surface area contributed by atoms with Gasteiger partial charge in [0.25, 0.3) is 0 Å². The van der Waals surface area contributed by atoms with Crippen molar-refractivity contribution < 1.29 is 23.8 Å². The molecule has 2 aliphatic rings. The van der Waals surface area contributed by atoms with Crippen LogP contribution in [0.5, 0.6) is 11.5 Å². The zero-order valence-corrected chi connectivity index (χ0v) is 17.2. The molecule has 0 spiro atoms. The molecule has 2 atom stereocenters. The third-order valence-corrected chi connectivity index (χ3v) is 5.53. The number of thioether (sulfide) groups is 1. The zero-order valence-electron chi connectivity index (χ0n) is 16.3. The van der Waals surface area contributed by atoms with Crippen molar-refractivity contribution in [1.82, 2.24) is 10.6 Å². The number of hydrogen-bond donors (Lipinski definition) is 2. The zero-order chi connectivity index (χ0) is 20.6. The highest BCUT2D eigenvalue weighted by Gasteiger charge is 2.32. The van der Waals surface area contributed by atoms with Crippen LogP contribution in [0.2, 0.25) is 0 Å². The van der Waals surface area contributed by atoms with Crippen molar-refractivity contribution in [1.29, 1.82) is 0 Å². The maximum absolute atomic E-state index is 12.1. The van der Waals surface area contributed by atoms with Gasteiger partial charge in [-0.1, -0.05) is 11.8 Å². The summed E-state index contributed by atoms with van der Waals surface area (Å²) in [5.41, 5.74) is 0.770. The minimum Gasteiger partial charge on any atom is -0.493 e. The van der Waals surface area contributed by atoms with Gasteiger partial charge in [-0.2, -0.15) is 5.10 Å². The number of hydrogen-bond acceptors (Lipinski definition) is 8. The van der Waals surface area contributed by atoms with Gasteiger partial charge in [0, 0.05) is 19.6 Å². The molecule has 156 valence electrons. The van der Waals surface area contributed by atoms with E-state index in [4.69, 9.17) is 14.2 Å². The van der Waals surface area contributed by atoms with Crippen molar-refractivity contribution >= 4 is 35.0 Å². The van der Waals surface area contributed by atoms with Crippen LogP contribution in [0.15, 0.2) is 28.4 Å². The average molecular weight is 420 g/mol. The van der Waals surface area contributed by atoms with Crippen LogP contribution in [0.1, 0.15) is 24.8 Å². The van der Waals surface area contributed by atoms with E-state index in [1.54, 1.807) is 32.6 Å². The summed E-state index contributed by atoms with van der Waals surface area (Å²) in [5, 5.41) is 13.3. The van der Waals surface area contributed by atoms with Gasteiger partial charge in [-0.25, -0.2) is 0 Å². The maximum Gasteiger partial charge on any atom is 0.240 e. The molecule has 2 aliphatic heterocycles. The molecule has 10 heteroatoms. The number of nitrogens with zero attached hydrogens (tertiary/aromatic N) is 2. The Labute approximate surface area is 173 Å². The predicted molar refractivity (Wildman–Crippen MR) is 111 cm³/mol. The number of carbonyl (C=O) groups is 2. The van der Waals surface area contributed by atoms with E-state index in [1.165, 1.54) is 11.8 Å². The van der Waals surface area contributed by atoms with Crippen molar-refractivity contribution in [3.63, 3.8) is 0 Å². The molecule has 9 nitrogen and oxygen atoms in total. The van der Waals surface area contributed by atoms with Crippen LogP contribution in [0, 0.1) is 0 Å². The van der Waals surface area contributed by atoms with E-state index in [0.29, 0.717) is 23.2 Å². The van der Waals surface area contributed by atoms with Gasteiger partial charge in [0.1, 0.15) is 5.25 Å².